The van der Waals surface area contributed by atoms with Crippen molar-refractivity contribution >= 4 is 15.9 Å². The maximum absolute atomic E-state index is 12.9. The van der Waals surface area contributed by atoms with Gasteiger partial charge in [-0.05, 0) is 36.1 Å². The molecule has 1 atom stereocenters. The molecule has 0 spiro atoms. The molecule has 2 heterocycles. The van der Waals surface area contributed by atoms with Gasteiger partial charge in [-0.1, -0.05) is 42.5 Å². The molecule has 2 aromatic carbocycles. The second-order valence-electron chi connectivity index (χ2n) is 8.44. The molecule has 1 N–H and O–H groups in total. The van der Waals surface area contributed by atoms with Gasteiger partial charge in [0.05, 0.1) is 24.0 Å². The van der Waals surface area contributed by atoms with Crippen molar-refractivity contribution in [2.75, 3.05) is 39.4 Å². The topological polar surface area (TPSA) is 79.0 Å². The molecule has 0 aliphatic carbocycles. The van der Waals surface area contributed by atoms with Crippen LogP contribution in [0.25, 0.3) is 0 Å². The summed E-state index contributed by atoms with van der Waals surface area (Å²) in [6, 6.07) is 16.7. The number of hydrogen-bond donors (Lipinski definition) is 1. The summed E-state index contributed by atoms with van der Waals surface area (Å²) < 4.78 is 32.6. The van der Waals surface area contributed by atoms with Crippen molar-refractivity contribution in [2.45, 2.75) is 30.8 Å². The smallest absolute Gasteiger partial charge is 0.243 e. The number of nitrogens with one attached hydrogen (secondary N) is 1. The molecule has 0 radical (unpaired) electrons. The van der Waals surface area contributed by atoms with Crippen molar-refractivity contribution in [2.24, 2.45) is 5.92 Å². The van der Waals surface area contributed by atoms with Crippen LogP contribution >= 0.6 is 0 Å². The summed E-state index contributed by atoms with van der Waals surface area (Å²) in [7, 11) is -3.57. The lowest BCUT2D eigenvalue weighted by Crippen LogP contribution is -2.45. The van der Waals surface area contributed by atoms with Crippen LogP contribution in [-0.4, -0.2) is 62.9 Å². The van der Waals surface area contributed by atoms with Crippen LogP contribution in [0, 0.1) is 5.92 Å². The number of rotatable bonds is 7. The van der Waals surface area contributed by atoms with Gasteiger partial charge in [-0.3, -0.25) is 9.69 Å². The summed E-state index contributed by atoms with van der Waals surface area (Å²) in [5.41, 5.74) is 2.28. The fourth-order valence-corrected chi connectivity index (χ4v) is 5.77. The number of piperidine rings is 1. The van der Waals surface area contributed by atoms with Gasteiger partial charge in [0.25, 0.3) is 0 Å². The van der Waals surface area contributed by atoms with Gasteiger partial charge in [0.15, 0.2) is 0 Å². The Morgan fingerprint density at radius 2 is 1.66 bits per heavy atom. The maximum Gasteiger partial charge on any atom is 0.243 e. The van der Waals surface area contributed by atoms with Crippen LogP contribution in [0.5, 0.6) is 0 Å². The maximum atomic E-state index is 12.9. The van der Waals surface area contributed by atoms with Crippen LogP contribution in [0.1, 0.15) is 24.0 Å². The first-order valence-electron chi connectivity index (χ1n) is 11.2. The van der Waals surface area contributed by atoms with Gasteiger partial charge in [-0.25, -0.2) is 8.42 Å². The summed E-state index contributed by atoms with van der Waals surface area (Å²) in [4.78, 5) is 15.4. The van der Waals surface area contributed by atoms with Crippen LogP contribution in [-0.2, 0) is 32.6 Å². The van der Waals surface area contributed by atoms with E-state index in [-0.39, 0.29) is 23.3 Å². The summed E-state index contributed by atoms with van der Waals surface area (Å²) in [5.74, 6) is -0.418. The summed E-state index contributed by atoms with van der Waals surface area (Å²) in [5, 5.41) is 2.99. The molecule has 4 rings (SSSR count). The van der Waals surface area contributed by atoms with Crippen LogP contribution in [0.3, 0.4) is 0 Å². The van der Waals surface area contributed by atoms with Gasteiger partial charge in [0.2, 0.25) is 15.9 Å². The summed E-state index contributed by atoms with van der Waals surface area (Å²) >= 11 is 0. The van der Waals surface area contributed by atoms with E-state index in [4.69, 9.17) is 4.74 Å². The Kier molecular flexibility index (Phi) is 7.57. The summed E-state index contributed by atoms with van der Waals surface area (Å²) in [6.07, 6.45) is 1.38. The molecule has 2 fully saturated rings. The number of ether oxygens (including phenoxy) is 1. The first-order valence-corrected chi connectivity index (χ1v) is 12.7. The molecule has 7 nitrogen and oxygen atoms in total. The number of carbonyl (C=O) groups is 1. The standard InChI is InChI=1S/C24H31N3O4S/c28-24(22-5-4-12-27(19-22)32(29,30)23-6-2-1-3-7-23)25-17-20-8-10-21(11-9-20)18-26-13-15-31-16-14-26/h1-3,6-11,22H,4-5,12-19H2,(H,25,28). The lowest BCUT2D eigenvalue weighted by Gasteiger charge is -2.31. The quantitative estimate of drug-likeness (QED) is 0.690. The monoisotopic (exact) mass is 457 g/mol. The number of sulfonamides is 1. The predicted molar refractivity (Wildman–Crippen MR) is 122 cm³/mol. The molecule has 2 saturated heterocycles. The molecule has 8 heteroatoms. The first-order chi connectivity index (χ1) is 15.5. The highest BCUT2D eigenvalue weighted by atomic mass is 32.2. The molecule has 0 bridgehead atoms. The Labute approximate surface area is 190 Å². The van der Waals surface area contributed by atoms with Crippen molar-refractivity contribution in [1.29, 1.82) is 0 Å². The molecule has 2 aliphatic heterocycles. The summed E-state index contributed by atoms with van der Waals surface area (Å²) in [6.45, 7) is 5.51. The second-order valence-corrected chi connectivity index (χ2v) is 10.4. The molecule has 1 amide bonds. The molecule has 0 aromatic heterocycles. The van der Waals surface area contributed by atoms with Crippen LogP contribution < -0.4 is 5.32 Å². The Morgan fingerprint density at radius 3 is 2.38 bits per heavy atom. The zero-order valence-corrected chi connectivity index (χ0v) is 19.1. The third kappa shape index (κ3) is 5.75. The van der Waals surface area contributed by atoms with Crippen molar-refractivity contribution in [3.63, 3.8) is 0 Å². The lowest BCUT2D eigenvalue weighted by molar-refractivity contribution is -0.126. The zero-order chi connectivity index (χ0) is 22.4. The van der Waals surface area contributed by atoms with E-state index in [1.807, 2.05) is 12.1 Å². The third-order valence-electron chi connectivity index (χ3n) is 6.14. The highest BCUT2D eigenvalue weighted by Crippen LogP contribution is 2.24. The molecule has 2 aromatic rings. The van der Waals surface area contributed by atoms with Gasteiger partial charge in [-0.15, -0.1) is 0 Å². The highest BCUT2D eigenvalue weighted by Gasteiger charge is 2.33. The Hall–Kier alpha value is -2.26. The van der Waals surface area contributed by atoms with Gasteiger partial charge in [-0.2, -0.15) is 4.31 Å². The lowest BCUT2D eigenvalue weighted by atomic mass is 9.98. The minimum atomic E-state index is -3.57. The number of hydrogen-bond acceptors (Lipinski definition) is 5. The molecule has 172 valence electrons. The molecule has 1 unspecified atom stereocenters. The molecule has 0 saturated carbocycles. The van der Waals surface area contributed by atoms with E-state index in [1.54, 1.807) is 30.3 Å². The fraction of sp³-hybridized carbons (Fsp3) is 0.458. The number of carbonyl (C=O) groups excluding carboxylic acids is 1. The Bertz CT molecular complexity index is 990. The SMILES string of the molecule is O=C(NCc1ccc(CN2CCOCC2)cc1)C1CCCN(S(=O)(=O)c2ccccc2)C1. The van der Waals surface area contributed by atoms with Crippen molar-refractivity contribution in [3.8, 4) is 0 Å². The Balaban J connectivity index is 1.29. The van der Waals surface area contributed by atoms with E-state index in [2.05, 4.69) is 22.3 Å². The fourth-order valence-electron chi connectivity index (χ4n) is 4.23. The minimum absolute atomic E-state index is 0.0876. The van der Waals surface area contributed by atoms with E-state index in [0.717, 1.165) is 38.4 Å². The van der Waals surface area contributed by atoms with Gasteiger partial charge in [0, 0.05) is 39.3 Å². The third-order valence-corrected chi connectivity index (χ3v) is 8.01. The average Bonchev–Trinajstić information content (AvgIpc) is 2.85. The van der Waals surface area contributed by atoms with Crippen LogP contribution in [0.4, 0.5) is 0 Å². The number of benzene rings is 2. The van der Waals surface area contributed by atoms with Gasteiger partial charge < -0.3 is 10.1 Å². The molecular formula is C24H31N3O4S. The number of amides is 1. The van der Waals surface area contributed by atoms with Crippen molar-refractivity contribution in [3.05, 3.63) is 65.7 Å². The normalized spacial score (nSPS) is 20.7. The first kappa shape index (κ1) is 22.9. The number of nitrogens with zero attached hydrogens (tertiary/aromatic N) is 2. The van der Waals surface area contributed by atoms with Crippen LogP contribution in [0.2, 0.25) is 0 Å². The van der Waals surface area contributed by atoms with Crippen molar-refractivity contribution in [1.82, 2.24) is 14.5 Å². The van der Waals surface area contributed by atoms with Gasteiger partial charge >= 0.3 is 0 Å². The minimum Gasteiger partial charge on any atom is -0.379 e. The predicted octanol–water partition coefficient (Wildman–Crippen LogP) is 2.24. The van der Waals surface area contributed by atoms with E-state index in [9.17, 15) is 13.2 Å². The number of morpholine rings is 1. The highest BCUT2D eigenvalue weighted by molar-refractivity contribution is 7.89. The zero-order valence-electron chi connectivity index (χ0n) is 18.3. The Morgan fingerprint density at radius 1 is 0.969 bits per heavy atom. The van der Waals surface area contributed by atoms with E-state index in [0.29, 0.717) is 25.9 Å². The van der Waals surface area contributed by atoms with E-state index < -0.39 is 10.0 Å². The van der Waals surface area contributed by atoms with Gasteiger partial charge in [0.1, 0.15) is 0 Å². The van der Waals surface area contributed by atoms with Crippen LogP contribution in [0.15, 0.2) is 59.5 Å². The van der Waals surface area contributed by atoms with Crippen molar-refractivity contribution < 1.29 is 17.9 Å². The van der Waals surface area contributed by atoms with E-state index >= 15 is 0 Å². The average molecular weight is 458 g/mol. The molecule has 32 heavy (non-hydrogen) atoms. The largest absolute Gasteiger partial charge is 0.379 e. The molecule has 2 aliphatic rings. The second kappa shape index (κ2) is 10.6. The van der Waals surface area contributed by atoms with E-state index in [1.165, 1.54) is 9.87 Å². The molecular weight excluding hydrogens is 426 g/mol.